The number of piperidine rings is 1. The highest BCUT2D eigenvalue weighted by molar-refractivity contribution is 5.80. The molecule has 1 aromatic heterocycles. The average molecular weight is 370 g/mol. The van der Waals surface area contributed by atoms with Gasteiger partial charge in [0.2, 0.25) is 0 Å². The van der Waals surface area contributed by atoms with E-state index in [1.54, 1.807) is 0 Å². The molecule has 1 aromatic carbocycles. The summed E-state index contributed by atoms with van der Waals surface area (Å²) in [4.78, 5) is 11.1. The number of aliphatic imine (C=N–C) groups is 1. The standard InChI is InChI=1S/C21H31N5O/c1-4-12-27-19-7-5-6-18(13-19)14-24-21(22-3)25-10-8-17(2)20(15-25)26-11-9-23-16-26/h5-7,9,11,13,16-17,20H,4,8,10,12,14-15H2,1-3H3,(H,22,24). The summed E-state index contributed by atoms with van der Waals surface area (Å²) < 4.78 is 7.96. The van der Waals surface area contributed by atoms with Crippen LogP contribution in [0.5, 0.6) is 5.75 Å². The van der Waals surface area contributed by atoms with Gasteiger partial charge in [0.1, 0.15) is 5.75 Å². The van der Waals surface area contributed by atoms with E-state index in [0.29, 0.717) is 12.0 Å². The van der Waals surface area contributed by atoms with E-state index in [1.807, 2.05) is 31.7 Å². The molecule has 1 N–H and O–H groups in total. The first kappa shape index (κ1) is 19.3. The van der Waals surface area contributed by atoms with E-state index >= 15 is 0 Å². The fourth-order valence-corrected chi connectivity index (χ4v) is 3.57. The molecule has 3 rings (SSSR count). The van der Waals surface area contributed by atoms with Gasteiger partial charge in [-0.05, 0) is 36.5 Å². The van der Waals surface area contributed by atoms with E-state index < -0.39 is 0 Å². The molecule has 0 spiro atoms. The molecule has 0 saturated carbocycles. The van der Waals surface area contributed by atoms with E-state index in [0.717, 1.165) is 50.8 Å². The average Bonchev–Trinajstić information content (AvgIpc) is 3.23. The number of hydrogen-bond donors (Lipinski definition) is 1. The van der Waals surface area contributed by atoms with Crippen molar-refractivity contribution in [3.05, 3.63) is 48.5 Å². The Labute approximate surface area is 162 Å². The fourth-order valence-electron chi connectivity index (χ4n) is 3.57. The van der Waals surface area contributed by atoms with Gasteiger partial charge >= 0.3 is 0 Å². The summed E-state index contributed by atoms with van der Waals surface area (Å²) in [5.74, 6) is 2.51. The van der Waals surface area contributed by atoms with Crippen LogP contribution in [0.1, 0.15) is 38.3 Å². The SMILES string of the molecule is CCCOc1cccc(CNC(=NC)N2CCC(C)C(n3ccnc3)C2)c1. The van der Waals surface area contributed by atoms with Crippen LogP contribution in [-0.4, -0.2) is 47.2 Å². The van der Waals surface area contributed by atoms with Crippen molar-refractivity contribution < 1.29 is 4.74 Å². The van der Waals surface area contributed by atoms with Crippen molar-refractivity contribution in [2.24, 2.45) is 10.9 Å². The topological polar surface area (TPSA) is 54.7 Å². The Bertz CT molecular complexity index is 728. The third-order valence-electron chi connectivity index (χ3n) is 5.16. The van der Waals surface area contributed by atoms with Crippen molar-refractivity contribution in [3.63, 3.8) is 0 Å². The highest BCUT2D eigenvalue weighted by atomic mass is 16.5. The quantitative estimate of drug-likeness (QED) is 0.627. The Morgan fingerprint density at radius 2 is 2.30 bits per heavy atom. The minimum atomic E-state index is 0.422. The lowest BCUT2D eigenvalue weighted by Crippen LogP contribution is -2.48. The number of imidazole rings is 1. The monoisotopic (exact) mass is 369 g/mol. The van der Waals surface area contributed by atoms with Crippen LogP contribution in [0, 0.1) is 5.92 Å². The van der Waals surface area contributed by atoms with Gasteiger partial charge in [0.25, 0.3) is 0 Å². The Kier molecular flexibility index (Phi) is 6.74. The number of aromatic nitrogens is 2. The number of hydrogen-bond acceptors (Lipinski definition) is 3. The van der Waals surface area contributed by atoms with Crippen LogP contribution in [0.3, 0.4) is 0 Å². The number of guanidine groups is 1. The maximum atomic E-state index is 5.74. The van der Waals surface area contributed by atoms with Gasteiger partial charge in [-0.3, -0.25) is 4.99 Å². The van der Waals surface area contributed by atoms with Crippen LogP contribution < -0.4 is 10.1 Å². The van der Waals surface area contributed by atoms with Crippen molar-refractivity contribution in [2.75, 3.05) is 26.7 Å². The second kappa shape index (κ2) is 9.44. The third-order valence-corrected chi connectivity index (χ3v) is 5.16. The maximum absolute atomic E-state index is 5.74. The first-order valence-electron chi connectivity index (χ1n) is 9.86. The van der Waals surface area contributed by atoms with Gasteiger partial charge in [-0.2, -0.15) is 0 Å². The minimum absolute atomic E-state index is 0.422. The zero-order chi connectivity index (χ0) is 19.1. The van der Waals surface area contributed by atoms with Gasteiger partial charge in [-0.15, -0.1) is 0 Å². The molecule has 2 atom stereocenters. The lowest BCUT2D eigenvalue weighted by molar-refractivity contribution is 0.189. The molecule has 0 radical (unpaired) electrons. The summed E-state index contributed by atoms with van der Waals surface area (Å²) in [7, 11) is 1.85. The molecule has 1 aliphatic rings. The van der Waals surface area contributed by atoms with Crippen molar-refractivity contribution in [1.29, 1.82) is 0 Å². The van der Waals surface area contributed by atoms with E-state index in [9.17, 15) is 0 Å². The van der Waals surface area contributed by atoms with Gasteiger partial charge in [-0.25, -0.2) is 4.98 Å². The van der Waals surface area contributed by atoms with E-state index in [1.165, 1.54) is 5.56 Å². The highest BCUT2D eigenvalue weighted by Crippen LogP contribution is 2.27. The number of benzene rings is 1. The molecule has 1 saturated heterocycles. The van der Waals surface area contributed by atoms with Crippen molar-refractivity contribution in [1.82, 2.24) is 19.8 Å². The Hall–Kier alpha value is -2.50. The molecule has 2 aromatic rings. The van der Waals surface area contributed by atoms with Crippen molar-refractivity contribution >= 4 is 5.96 Å². The van der Waals surface area contributed by atoms with Crippen LogP contribution in [0.15, 0.2) is 48.0 Å². The molecule has 146 valence electrons. The first-order chi connectivity index (χ1) is 13.2. The van der Waals surface area contributed by atoms with Crippen LogP contribution in [-0.2, 0) is 6.54 Å². The molecule has 2 heterocycles. The maximum Gasteiger partial charge on any atom is 0.193 e. The lowest BCUT2D eigenvalue weighted by Gasteiger charge is -2.39. The summed E-state index contributed by atoms with van der Waals surface area (Å²) in [6.45, 7) is 7.88. The second-order valence-electron chi connectivity index (χ2n) is 7.19. The molecule has 27 heavy (non-hydrogen) atoms. The Morgan fingerprint density at radius 1 is 1.41 bits per heavy atom. The van der Waals surface area contributed by atoms with Crippen LogP contribution in [0.2, 0.25) is 0 Å². The molecular weight excluding hydrogens is 338 g/mol. The second-order valence-corrected chi connectivity index (χ2v) is 7.19. The van der Waals surface area contributed by atoms with Crippen LogP contribution in [0.4, 0.5) is 0 Å². The zero-order valence-corrected chi connectivity index (χ0v) is 16.6. The number of nitrogens with one attached hydrogen (secondary N) is 1. The predicted molar refractivity (Wildman–Crippen MR) is 109 cm³/mol. The van der Waals surface area contributed by atoms with Gasteiger partial charge in [0.15, 0.2) is 5.96 Å². The van der Waals surface area contributed by atoms with Crippen molar-refractivity contribution in [3.8, 4) is 5.75 Å². The number of nitrogens with zero attached hydrogens (tertiary/aromatic N) is 4. The summed E-state index contributed by atoms with van der Waals surface area (Å²) in [5.41, 5.74) is 1.20. The summed E-state index contributed by atoms with van der Waals surface area (Å²) in [6.07, 6.45) is 7.99. The molecule has 6 heteroatoms. The Balaban J connectivity index is 1.60. The van der Waals surface area contributed by atoms with Gasteiger partial charge in [0.05, 0.1) is 19.0 Å². The molecule has 1 aliphatic heterocycles. The summed E-state index contributed by atoms with van der Waals surface area (Å²) in [5, 5.41) is 3.51. The van der Waals surface area contributed by atoms with E-state index in [-0.39, 0.29) is 0 Å². The molecule has 2 unspecified atom stereocenters. The number of likely N-dealkylation sites (tertiary alicyclic amines) is 1. The fraction of sp³-hybridized carbons (Fsp3) is 0.524. The summed E-state index contributed by atoms with van der Waals surface area (Å²) in [6, 6.07) is 8.69. The minimum Gasteiger partial charge on any atom is -0.494 e. The van der Waals surface area contributed by atoms with Crippen LogP contribution >= 0.6 is 0 Å². The van der Waals surface area contributed by atoms with Gasteiger partial charge < -0.3 is 19.5 Å². The number of rotatable bonds is 6. The molecule has 6 nitrogen and oxygen atoms in total. The largest absolute Gasteiger partial charge is 0.494 e. The first-order valence-corrected chi connectivity index (χ1v) is 9.86. The molecule has 1 fully saturated rings. The molecule has 0 bridgehead atoms. The summed E-state index contributed by atoms with van der Waals surface area (Å²) >= 11 is 0. The highest BCUT2D eigenvalue weighted by Gasteiger charge is 2.28. The molecular formula is C21H31N5O. The Morgan fingerprint density at radius 3 is 3.04 bits per heavy atom. The molecule has 0 aliphatic carbocycles. The van der Waals surface area contributed by atoms with Crippen LogP contribution in [0.25, 0.3) is 0 Å². The van der Waals surface area contributed by atoms with E-state index in [2.05, 4.69) is 56.9 Å². The predicted octanol–water partition coefficient (Wildman–Crippen LogP) is 3.33. The van der Waals surface area contributed by atoms with Crippen molar-refractivity contribution in [2.45, 2.75) is 39.3 Å². The molecule has 0 amide bonds. The smallest absolute Gasteiger partial charge is 0.193 e. The number of ether oxygens (including phenoxy) is 1. The van der Waals surface area contributed by atoms with E-state index in [4.69, 9.17) is 4.74 Å². The lowest BCUT2D eigenvalue weighted by atomic mass is 9.93. The van der Waals surface area contributed by atoms with Gasteiger partial charge in [-0.1, -0.05) is 26.0 Å². The third kappa shape index (κ3) is 5.02. The normalized spacial score (nSPS) is 20.6. The zero-order valence-electron chi connectivity index (χ0n) is 16.6. The van der Waals surface area contributed by atoms with Gasteiger partial charge in [0, 0.05) is 39.1 Å².